The van der Waals surface area contributed by atoms with Crippen molar-refractivity contribution in [2.75, 3.05) is 24.3 Å². The van der Waals surface area contributed by atoms with E-state index in [-0.39, 0.29) is 35.5 Å². The Hall–Kier alpha value is -2.89. The van der Waals surface area contributed by atoms with Crippen molar-refractivity contribution in [2.45, 2.75) is 59.0 Å². The van der Waals surface area contributed by atoms with Crippen LogP contribution in [-0.2, 0) is 11.3 Å². The predicted molar refractivity (Wildman–Crippen MR) is 132 cm³/mol. The van der Waals surface area contributed by atoms with Crippen LogP contribution >= 0.6 is 0 Å². The van der Waals surface area contributed by atoms with Gasteiger partial charge in [0, 0.05) is 49.5 Å². The molecule has 1 saturated carbocycles. The van der Waals surface area contributed by atoms with Gasteiger partial charge in [-0.3, -0.25) is 9.59 Å². The number of anilines is 2. The summed E-state index contributed by atoms with van der Waals surface area (Å²) in [6.45, 7) is 6.59. The summed E-state index contributed by atoms with van der Waals surface area (Å²) in [5, 5.41) is 3.08. The molecule has 0 saturated heterocycles. The summed E-state index contributed by atoms with van der Waals surface area (Å²) in [7, 11) is 3.93. The maximum absolute atomic E-state index is 13.4. The summed E-state index contributed by atoms with van der Waals surface area (Å²) in [5.74, 6) is -0.107. The number of hydrogen-bond acceptors (Lipinski definition) is 3. The Balaban J connectivity index is 1.91. The molecule has 1 N–H and O–H groups in total. The SMILES string of the molecule is CC(C)C(C)N(Cc1cc(NC(=O)C2CCCC2)ccc1N(C)C)C(=O)c1ccc(F)cc1. The van der Waals surface area contributed by atoms with Crippen LogP contribution in [0.15, 0.2) is 42.5 Å². The molecule has 1 fully saturated rings. The molecule has 3 rings (SSSR count). The maximum atomic E-state index is 13.4. The zero-order chi connectivity index (χ0) is 24.1. The van der Waals surface area contributed by atoms with Crippen LogP contribution in [0.1, 0.15) is 62.4 Å². The largest absolute Gasteiger partial charge is 0.377 e. The lowest BCUT2D eigenvalue weighted by molar-refractivity contribution is -0.119. The zero-order valence-corrected chi connectivity index (χ0v) is 20.4. The Morgan fingerprint density at radius 1 is 1.03 bits per heavy atom. The van der Waals surface area contributed by atoms with E-state index in [1.807, 2.05) is 49.0 Å². The van der Waals surface area contributed by atoms with E-state index < -0.39 is 0 Å². The first-order chi connectivity index (χ1) is 15.7. The van der Waals surface area contributed by atoms with E-state index in [0.717, 1.165) is 42.6 Å². The smallest absolute Gasteiger partial charge is 0.254 e. The molecule has 0 spiro atoms. The van der Waals surface area contributed by atoms with Crippen molar-refractivity contribution >= 4 is 23.2 Å². The van der Waals surface area contributed by atoms with Gasteiger partial charge in [0.1, 0.15) is 5.82 Å². The number of carbonyl (C=O) groups is 2. The van der Waals surface area contributed by atoms with Crippen molar-refractivity contribution in [3.05, 3.63) is 59.4 Å². The lowest BCUT2D eigenvalue weighted by Gasteiger charge is -2.33. The van der Waals surface area contributed by atoms with Gasteiger partial charge >= 0.3 is 0 Å². The van der Waals surface area contributed by atoms with Gasteiger partial charge in [0.15, 0.2) is 0 Å². The molecule has 2 aromatic carbocycles. The van der Waals surface area contributed by atoms with Crippen molar-refractivity contribution in [3.63, 3.8) is 0 Å². The van der Waals surface area contributed by atoms with Crippen LogP contribution in [0.5, 0.6) is 0 Å². The molecule has 0 aliphatic heterocycles. The number of nitrogens with zero attached hydrogens (tertiary/aromatic N) is 2. The van der Waals surface area contributed by atoms with Gasteiger partial charge in [-0.1, -0.05) is 26.7 Å². The minimum absolute atomic E-state index is 0.0331. The van der Waals surface area contributed by atoms with Crippen LogP contribution in [-0.4, -0.2) is 36.9 Å². The minimum atomic E-state index is -0.365. The monoisotopic (exact) mass is 453 g/mol. The molecule has 1 unspecified atom stereocenters. The van der Waals surface area contributed by atoms with Gasteiger partial charge in [0.2, 0.25) is 5.91 Å². The average molecular weight is 454 g/mol. The van der Waals surface area contributed by atoms with E-state index in [9.17, 15) is 14.0 Å². The Morgan fingerprint density at radius 3 is 2.24 bits per heavy atom. The molecule has 0 aromatic heterocycles. The summed E-state index contributed by atoms with van der Waals surface area (Å²) >= 11 is 0. The number of halogens is 1. The van der Waals surface area contributed by atoms with E-state index >= 15 is 0 Å². The number of hydrogen-bond donors (Lipinski definition) is 1. The molecular weight excluding hydrogens is 417 g/mol. The van der Waals surface area contributed by atoms with Crippen LogP contribution in [0.3, 0.4) is 0 Å². The number of nitrogens with one attached hydrogen (secondary N) is 1. The second-order valence-electron chi connectivity index (χ2n) is 9.63. The summed E-state index contributed by atoms with van der Waals surface area (Å²) in [5.41, 5.74) is 3.15. The second-order valence-corrected chi connectivity index (χ2v) is 9.63. The fourth-order valence-corrected chi connectivity index (χ4v) is 4.36. The van der Waals surface area contributed by atoms with Gasteiger partial charge < -0.3 is 15.1 Å². The van der Waals surface area contributed by atoms with Gasteiger partial charge in [0.25, 0.3) is 5.91 Å². The Labute approximate surface area is 197 Å². The summed E-state index contributed by atoms with van der Waals surface area (Å²) < 4.78 is 13.4. The molecule has 0 bridgehead atoms. The third-order valence-corrected chi connectivity index (χ3v) is 6.70. The lowest BCUT2D eigenvalue weighted by atomic mass is 10.0. The standard InChI is InChI=1S/C27H36FN3O2/c1-18(2)19(3)31(27(33)21-10-12-23(28)13-11-21)17-22-16-24(14-15-25(22)30(4)5)29-26(32)20-8-6-7-9-20/h10-16,18-20H,6-9,17H2,1-5H3,(H,29,32). The van der Waals surface area contributed by atoms with Crippen molar-refractivity contribution < 1.29 is 14.0 Å². The van der Waals surface area contributed by atoms with Crippen molar-refractivity contribution in [1.29, 1.82) is 0 Å². The van der Waals surface area contributed by atoms with Gasteiger partial charge in [0.05, 0.1) is 0 Å². The Morgan fingerprint density at radius 2 is 1.67 bits per heavy atom. The van der Waals surface area contributed by atoms with Crippen LogP contribution in [0.2, 0.25) is 0 Å². The molecule has 6 heteroatoms. The number of benzene rings is 2. The van der Waals surface area contributed by atoms with E-state index in [1.54, 1.807) is 0 Å². The quantitative estimate of drug-likeness (QED) is 0.557. The molecule has 33 heavy (non-hydrogen) atoms. The molecule has 2 aromatic rings. The average Bonchev–Trinajstić information content (AvgIpc) is 3.32. The number of rotatable bonds is 8. The fourth-order valence-electron chi connectivity index (χ4n) is 4.36. The van der Waals surface area contributed by atoms with E-state index in [4.69, 9.17) is 0 Å². The molecule has 0 heterocycles. The highest BCUT2D eigenvalue weighted by atomic mass is 19.1. The lowest BCUT2D eigenvalue weighted by Crippen LogP contribution is -2.41. The Kier molecular flexibility index (Phi) is 8.11. The number of carbonyl (C=O) groups excluding carboxylic acids is 2. The van der Waals surface area contributed by atoms with Crippen molar-refractivity contribution in [3.8, 4) is 0 Å². The van der Waals surface area contributed by atoms with Crippen LogP contribution in [0, 0.1) is 17.7 Å². The topological polar surface area (TPSA) is 52.7 Å². The van der Waals surface area contributed by atoms with Crippen molar-refractivity contribution in [1.82, 2.24) is 4.90 Å². The Bertz CT molecular complexity index is 966. The van der Waals surface area contributed by atoms with E-state index in [2.05, 4.69) is 19.2 Å². The highest BCUT2D eigenvalue weighted by Gasteiger charge is 2.26. The van der Waals surface area contributed by atoms with Crippen LogP contribution < -0.4 is 10.2 Å². The molecule has 1 aliphatic rings. The molecule has 2 amide bonds. The third kappa shape index (κ3) is 6.12. The van der Waals surface area contributed by atoms with Gasteiger partial charge in [-0.2, -0.15) is 0 Å². The van der Waals surface area contributed by atoms with Crippen molar-refractivity contribution in [2.24, 2.45) is 11.8 Å². The summed E-state index contributed by atoms with van der Waals surface area (Å²) in [6, 6.07) is 11.5. The highest BCUT2D eigenvalue weighted by molar-refractivity contribution is 5.95. The van der Waals surface area contributed by atoms with Gasteiger partial charge in [-0.15, -0.1) is 0 Å². The number of amides is 2. The zero-order valence-electron chi connectivity index (χ0n) is 20.4. The predicted octanol–water partition coefficient (Wildman–Crippen LogP) is 5.71. The first-order valence-electron chi connectivity index (χ1n) is 11.8. The molecule has 0 radical (unpaired) electrons. The first kappa shape index (κ1) is 24.7. The molecule has 1 aliphatic carbocycles. The van der Waals surface area contributed by atoms with E-state index in [0.29, 0.717) is 12.1 Å². The van der Waals surface area contributed by atoms with E-state index in [1.165, 1.54) is 24.3 Å². The highest BCUT2D eigenvalue weighted by Crippen LogP contribution is 2.29. The summed E-state index contributed by atoms with van der Waals surface area (Å²) in [4.78, 5) is 30.0. The van der Waals surface area contributed by atoms with Gasteiger partial charge in [-0.05, 0) is 73.7 Å². The molecule has 1 atom stereocenters. The molecule has 178 valence electrons. The fraction of sp³-hybridized carbons (Fsp3) is 0.481. The minimum Gasteiger partial charge on any atom is -0.377 e. The van der Waals surface area contributed by atoms with Crippen LogP contribution in [0.4, 0.5) is 15.8 Å². The molecule has 5 nitrogen and oxygen atoms in total. The molecular formula is C27H36FN3O2. The summed E-state index contributed by atoms with van der Waals surface area (Å²) in [6.07, 6.45) is 4.10. The van der Waals surface area contributed by atoms with Gasteiger partial charge in [-0.25, -0.2) is 4.39 Å². The second kappa shape index (κ2) is 10.8. The normalized spacial score (nSPS) is 14.9. The van der Waals surface area contributed by atoms with Crippen LogP contribution in [0.25, 0.3) is 0 Å². The maximum Gasteiger partial charge on any atom is 0.254 e. The first-order valence-corrected chi connectivity index (χ1v) is 11.8. The third-order valence-electron chi connectivity index (χ3n) is 6.70.